The molecule has 0 saturated heterocycles. The number of hydrogen-bond acceptors (Lipinski definition) is 3. The van der Waals surface area contributed by atoms with Gasteiger partial charge in [0, 0.05) is 35.3 Å². The Morgan fingerprint density at radius 1 is 0.600 bits per heavy atom. The second kappa shape index (κ2) is 7.68. The van der Waals surface area contributed by atoms with Gasteiger partial charge in [-0.25, -0.2) is 0 Å². The van der Waals surface area contributed by atoms with E-state index in [0.717, 1.165) is 35.7 Å². The van der Waals surface area contributed by atoms with Crippen molar-refractivity contribution in [3.63, 3.8) is 0 Å². The fourth-order valence-corrected chi connectivity index (χ4v) is 3.11. The minimum Gasteiger partial charge on any atom is -0.455 e. The van der Waals surface area contributed by atoms with Gasteiger partial charge in [0.05, 0.1) is 0 Å². The summed E-state index contributed by atoms with van der Waals surface area (Å²) in [6.45, 7) is 1.70. The fraction of sp³-hybridized carbons (Fsp3) is 0.273. The molecule has 3 heteroatoms. The summed E-state index contributed by atoms with van der Waals surface area (Å²) in [6.07, 6.45) is 0. The van der Waals surface area contributed by atoms with Gasteiger partial charge in [-0.05, 0) is 28.2 Å². The molecule has 0 aliphatic heterocycles. The maximum atomic E-state index is 6.47. The number of hydrogen-bond donors (Lipinski definition) is 0. The third-order valence-corrected chi connectivity index (χ3v) is 4.14. The lowest BCUT2D eigenvalue weighted by molar-refractivity contribution is 0.383. The van der Waals surface area contributed by atoms with Gasteiger partial charge in [-0.15, -0.1) is 0 Å². The molecule has 3 rings (SSSR count). The average molecular weight is 334 g/mol. The monoisotopic (exact) mass is 334 g/mol. The molecule has 0 atom stereocenters. The number of nitrogens with zero attached hydrogens (tertiary/aromatic N) is 2. The molecule has 0 amide bonds. The molecule has 3 aromatic rings. The van der Waals surface area contributed by atoms with Gasteiger partial charge in [-0.1, -0.05) is 60.7 Å². The summed E-state index contributed by atoms with van der Waals surface area (Å²) in [6, 6.07) is 20.8. The standard InChI is InChI=1S/C22H26N2O/c1-23(2)15-19-20(16-24(3)4)22(18-13-9-6-10-14-18)25-21(19)17-11-7-5-8-12-17/h5-14H,15-16H2,1-4H3. The molecule has 0 N–H and O–H groups in total. The van der Waals surface area contributed by atoms with Gasteiger partial charge in [-0.2, -0.15) is 0 Å². The van der Waals surface area contributed by atoms with Crippen molar-refractivity contribution in [2.75, 3.05) is 28.2 Å². The van der Waals surface area contributed by atoms with Crippen molar-refractivity contribution in [3.8, 4) is 22.6 Å². The lowest BCUT2D eigenvalue weighted by atomic mass is 10.0. The minimum absolute atomic E-state index is 0.851. The molecule has 0 aliphatic rings. The summed E-state index contributed by atoms with van der Waals surface area (Å²) in [7, 11) is 8.40. The molecule has 2 aromatic carbocycles. The van der Waals surface area contributed by atoms with Crippen molar-refractivity contribution in [1.82, 2.24) is 9.80 Å². The van der Waals surface area contributed by atoms with E-state index in [-0.39, 0.29) is 0 Å². The van der Waals surface area contributed by atoms with Crippen LogP contribution in [0.4, 0.5) is 0 Å². The van der Waals surface area contributed by atoms with E-state index >= 15 is 0 Å². The van der Waals surface area contributed by atoms with E-state index in [2.05, 4.69) is 86.5 Å². The highest BCUT2D eigenvalue weighted by atomic mass is 16.3. The molecule has 0 unspecified atom stereocenters. The van der Waals surface area contributed by atoms with Crippen molar-refractivity contribution in [2.24, 2.45) is 0 Å². The Labute approximate surface area is 150 Å². The van der Waals surface area contributed by atoms with Gasteiger partial charge >= 0.3 is 0 Å². The van der Waals surface area contributed by atoms with Crippen LogP contribution in [0.2, 0.25) is 0 Å². The first-order chi connectivity index (χ1) is 12.1. The lowest BCUT2D eigenvalue weighted by Crippen LogP contribution is -2.16. The van der Waals surface area contributed by atoms with Crippen molar-refractivity contribution in [2.45, 2.75) is 13.1 Å². The highest BCUT2D eigenvalue weighted by Crippen LogP contribution is 2.38. The van der Waals surface area contributed by atoms with Crippen LogP contribution in [-0.4, -0.2) is 38.0 Å². The molecular formula is C22H26N2O. The zero-order chi connectivity index (χ0) is 17.8. The summed E-state index contributed by atoms with van der Waals surface area (Å²) in [5.41, 5.74) is 4.79. The van der Waals surface area contributed by atoms with E-state index in [9.17, 15) is 0 Å². The quantitative estimate of drug-likeness (QED) is 0.649. The summed E-state index contributed by atoms with van der Waals surface area (Å²) < 4.78 is 6.47. The Morgan fingerprint density at radius 3 is 1.28 bits per heavy atom. The van der Waals surface area contributed by atoms with Gasteiger partial charge in [0.1, 0.15) is 11.5 Å². The topological polar surface area (TPSA) is 19.6 Å². The largest absolute Gasteiger partial charge is 0.455 e. The van der Waals surface area contributed by atoms with E-state index in [0.29, 0.717) is 0 Å². The molecule has 1 aromatic heterocycles. The molecule has 3 nitrogen and oxygen atoms in total. The van der Waals surface area contributed by atoms with Crippen LogP contribution in [0, 0.1) is 0 Å². The molecule has 1 heterocycles. The zero-order valence-electron chi connectivity index (χ0n) is 15.5. The minimum atomic E-state index is 0.851. The molecule has 0 saturated carbocycles. The molecule has 0 fully saturated rings. The molecule has 0 aliphatic carbocycles. The van der Waals surface area contributed by atoms with Crippen LogP contribution in [0.15, 0.2) is 65.1 Å². The molecule has 0 radical (unpaired) electrons. The average Bonchev–Trinajstić information content (AvgIpc) is 2.94. The van der Waals surface area contributed by atoms with Crippen molar-refractivity contribution in [3.05, 3.63) is 71.8 Å². The lowest BCUT2D eigenvalue weighted by Gasteiger charge is -2.15. The van der Waals surface area contributed by atoms with Crippen LogP contribution in [0.5, 0.6) is 0 Å². The predicted octanol–water partition coefficient (Wildman–Crippen LogP) is 4.74. The van der Waals surface area contributed by atoms with E-state index in [1.165, 1.54) is 11.1 Å². The zero-order valence-corrected chi connectivity index (χ0v) is 15.5. The van der Waals surface area contributed by atoms with E-state index in [1.807, 2.05) is 12.1 Å². The summed E-state index contributed by atoms with van der Waals surface area (Å²) in [4.78, 5) is 4.40. The first-order valence-corrected chi connectivity index (χ1v) is 8.61. The van der Waals surface area contributed by atoms with Gasteiger partial charge in [0.25, 0.3) is 0 Å². The number of benzene rings is 2. The Balaban J connectivity index is 2.22. The van der Waals surface area contributed by atoms with Crippen LogP contribution in [-0.2, 0) is 13.1 Å². The van der Waals surface area contributed by atoms with Gasteiger partial charge < -0.3 is 14.2 Å². The second-order valence-electron chi connectivity index (χ2n) is 6.93. The Hall–Kier alpha value is -2.36. The molecule has 0 bridgehead atoms. The SMILES string of the molecule is CN(C)Cc1c(-c2ccccc2)oc(-c2ccccc2)c1CN(C)C. The smallest absolute Gasteiger partial charge is 0.139 e. The predicted molar refractivity (Wildman–Crippen MR) is 104 cm³/mol. The highest BCUT2D eigenvalue weighted by molar-refractivity contribution is 5.72. The van der Waals surface area contributed by atoms with Crippen LogP contribution >= 0.6 is 0 Å². The fourth-order valence-electron chi connectivity index (χ4n) is 3.11. The Bertz CT molecular complexity index is 737. The maximum Gasteiger partial charge on any atom is 0.139 e. The van der Waals surface area contributed by atoms with Crippen molar-refractivity contribution >= 4 is 0 Å². The molecule has 0 spiro atoms. The second-order valence-corrected chi connectivity index (χ2v) is 6.93. The number of furan rings is 1. The van der Waals surface area contributed by atoms with Crippen LogP contribution in [0.3, 0.4) is 0 Å². The van der Waals surface area contributed by atoms with Gasteiger partial charge in [0.15, 0.2) is 0 Å². The van der Waals surface area contributed by atoms with E-state index < -0.39 is 0 Å². The van der Waals surface area contributed by atoms with Crippen molar-refractivity contribution < 1.29 is 4.42 Å². The van der Waals surface area contributed by atoms with E-state index in [4.69, 9.17) is 4.42 Å². The summed E-state index contributed by atoms with van der Waals surface area (Å²) in [5, 5.41) is 0. The number of rotatable bonds is 6. The summed E-state index contributed by atoms with van der Waals surface area (Å²) in [5.74, 6) is 1.95. The van der Waals surface area contributed by atoms with Crippen LogP contribution in [0.1, 0.15) is 11.1 Å². The Morgan fingerprint density at radius 2 is 0.960 bits per heavy atom. The van der Waals surface area contributed by atoms with Gasteiger partial charge in [-0.3, -0.25) is 0 Å². The maximum absolute atomic E-state index is 6.47. The van der Waals surface area contributed by atoms with E-state index in [1.54, 1.807) is 0 Å². The van der Waals surface area contributed by atoms with Crippen molar-refractivity contribution in [1.29, 1.82) is 0 Å². The third kappa shape index (κ3) is 4.01. The molecule has 25 heavy (non-hydrogen) atoms. The molecule has 130 valence electrons. The summed E-state index contributed by atoms with van der Waals surface area (Å²) >= 11 is 0. The highest BCUT2D eigenvalue weighted by Gasteiger charge is 2.23. The van der Waals surface area contributed by atoms with Crippen LogP contribution in [0.25, 0.3) is 22.6 Å². The first kappa shape index (κ1) is 17.5. The molecular weight excluding hydrogens is 308 g/mol. The van der Waals surface area contributed by atoms with Gasteiger partial charge in [0.2, 0.25) is 0 Å². The Kier molecular flexibility index (Phi) is 5.37. The first-order valence-electron chi connectivity index (χ1n) is 8.61. The normalized spacial score (nSPS) is 11.4. The third-order valence-electron chi connectivity index (χ3n) is 4.14. The van der Waals surface area contributed by atoms with Crippen LogP contribution < -0.4 is 0 Å².